The molecule has 0 aliphatic carbocycles. The molecule has 8 rings (SSSR count). The summed E-state index contributed by atoms with van der Waals surface area (Å²) in [7, 11) is 3.34. The third-order valence-electron chi connectivity index (χ3n) is 10.6. The Morgan fingerprint density at radius 2 is 1.08 bits per heavy atom. The second-order valence-corrected chi connectivity index (χ2v) is 14.7. The van der Waals surface area contributed by atoms with Crippen molar-refractivity contribution < 1.29 is 30.7 Å². The standard InChI is InChI=1S/C20H16F5N7.C20H19F2N7/c1-31-11-28-30-18(31)19(22)4-6-32(7-5-19)17-13(9-26)8-14(20(23,24)25)29-16(17)12-2-3-15(21)27-10-12;1-13-9-15(10-23)18(17(26-13)14-3-4-16(21)24-11-14)29-7-5-20(22,6-8-29)19-27-25-12-28(19)2/h2-3,8,10-11H,4-7H2,1H3;3-4,9,11-12H,5-8H2,1-2H3. The van der Waals surface area contributed by atoms with Crippen LogP contribution in [0, 0.1) is 41.5 Å². The van der Waals surface area contributed by atoms with Gasteiger partial charge in [0.2, 0.25) is 11.9 Å². The lowest BCUT2D eigenvalue weighted by molar-refractivity contribution is -0.141. The highest BCUT2D eigenvalue weighted by Crippen LogP contribution is 2.43. The van der Waals surface area contributed by atoms with Crippen molar-refractivity contribution >= 4 is 11.4 Å². The van der Waals surface area contributed by atoms with Gasteiger partial charge in [-0.25, -0.2) is 23.7 Å². The van der Waals surface area contributed by atoms with Crippen LogP contribution in [-0.2, 0) is 31.6 Å². The van der Waals surface area contributed by atoms with Crippen LogP contribution in [0.15, 0.2) is 61.4 Å². The Kier molecular flexibility index (Phi) is 11.4. The Bertz CT molecular complexity index is 2610. The molecule has 6 aromatic heterocycles. The second kappa shape index (κ2) is 16.6. The predicted molar refractivity (Wildman–Crippen MR) is 204 cm³/mol. The van der Waals surface area contributed by atoms with E-state index in [1.807, 2.05) is 4.90 Å². The Morgan fingerprint density at radius 3 is 1.44 bits per heavy atom. The van der Waals surface area contributed by atoms with E-state index < -0.39 is 35.1 Å². The highest BCUT2D eigenvalue weighted by Gasteiger charge is 2.43. The van der Waals surface area contributed by atoms with E-state index in [1.165, 1.54) is 35.6 Å². The van der Waals surface area contributed by atoms with Gasteiger partial charge in [-0.1, -0.05) is 0 Å². The Hall–Kier alpha value is -7.03. The fourth-order valence-electron chi connectivity index (χ4n) is 7.59. The van der Waals surface area contributed by atoms with Gasteiger partial charge < -0.3 is 18.9 Å². The monoisotopic (exact) mass is 844 g/mol. The molecule has 14 nitrogen and oxygen atoms in total. The Morgan fingerprint density at radius 1 is 0.656 bits per heavy atom. The molecule has 0 bridgehead atoms. The molecule has 21 heteroatoms. The van der Waals surface area contributed by atoms with Crippen LogP contribution in [0.1, 0.15) is 59.8 Å². The predicted octanol–water partition coefficient (Wildman–Crippen LogP) is 6.82. The first-order valence-electron chi connectivity index (χ1n) is 18.8. The van der Waals surface area contributed by atoms with Crippen LogP contribution in [-0.4, -0.2) is 75.6 Å². The molecule has 0 saturated carbocycles. The summed E-state index contributed by atoms with van der Waals surface area (Å²) in [6.07, 6.45) is 0.887. The van der Waals surface area contributed by atoms with Gasteiger partial charge in [-0.05, 0) is 43.3 Å². The van der Waals surface area contributed by atoms with Crippen LogP contribution in [0.5, 0.6) is 0 Å². The van der Waals surface area contributed by atoms with Crippen molar-refractivity contribution in [2.45, 2.75) is 50.1 Å². The van der Waals surface area contributed by atoms with Crippen LogP contribution < -0.4 is 9.80 Å². The summed E-state index contributed by atoms with van der Waals surface area (Å²) < 4.78 is 101. The van der Waals surface area contributed by atoms with E-state index >= 15 is 8.78 Å². The molecule has 0 spiro atoms. The molecule has 0 aromatic carbocycles. The first-order chi connectivity index (χ1) is 29.0. The van der Waals surface area contributed by atoms with Gasteiger partial charge >= 0.3 is 6.18 Å². The summed E-state index contributed by atoms with van der Waals surface area (Å²) in [6, 6.07) is 11.4. The van der Waals surface area contributed by atoms with Gasteiger partial charge in [0.1, 0.15) is 30.5 Å². The van der Waals surface area contributed by atoms with Crippen LogP contribution in [0.4, 0.5) is 42.1 Å². The number of anilines is 2. The van der Waals surface area contributed by atoms with Crippen molar-refractivity contribution in [1.29, 1.82) is 10.5 Å². The summed E-state index contributed by atoms with van der Waals surface area (Å²) in [5.41, 5.74) is -1.95. The minimum absolute atomic E-state index is 0.0213. The van der Waals surface area contributed by atoms with E-state index in [0.717, 1.165) is 12.3 Å². The molecule has 0 atom stereocenters. The van der Waals surface area contributed by atoms with Crippen LogP contribution in [0.2, 0.25) is 0 Å². The van der Waals surface area contributed by atoms with E-state index in [0.29, 0.717) is 53.2 Å². The number of nitrogens with zero attached hydrogens (tertiary/aromatic N) is 14. The average molecular weight is 845 g/mol. The fourth-order valence-corrected chi connectivity index (χ4v) is 7.59. The number of hydrogen-bond acceptors (Lipinski definition) is 12. The number of hydrogen-bond donors (Lipinski definition) is 0. The molecule has 0 unspecified atom stereocenters. The number of piperidine rings is 2. The first kappa shape index (κ1) is 42.1. The summed E-state index contributed by atoms with van der Waals surface area (Å²) in [6.45, 7) is 2.73. The molecule has 8 heterocycles. The molecule has 2 saturated heterocycles. The van der Waals surface area contributed by atoms with Gasteiger partial charge in [-0.3, -0.25) is 4.98 Å². The lowest BCUT2D eigenvalue weighted by atomic mass is 9.91. The smallest absolute Gasteiger partial charge is 0.368 e. The number of rotatable bonds is 6. The van der Waals surface area contributed by atoms with Gasteiger partial charge in [-0.15, -0.1) is 20.4 Å². The summed E-state index contributed by atoms with van der Waals surface area (Å²) in [4.78, 5) is 19.1. The van der Waals surface area contributed by atoms with Crippen molar-refractivity contribution in [2.24, 2.45) is 14.1 Å². The van der Waals surface area contributed by atoms with E-state index in [-0.39, 0.29) is 67.1 Å². The van der Waals surface area contributed by atoms with Crippen molar-refractivity contribution in [3.05, 3.63) is 108 Å². The highest BCUT2D eigenvalue weighted by molar-refractivity contribution is 5.81. The van der Waals surface area contributed by atoms with Gasteiger partial charge in [0.05, 0.1) is 33.9 Å². The maximum Gasteiger partial charge on any atom is 0.433 e. The molecular formula is C40H35F7N14. The normalized spacial score (nSPS) is 16.0. The lowest BCUT2D eigenvalue weighted by Crippen LogP contribution is -2.42. The van der Waals surface area contributed by atoms with Crippen molar-refractivity contribution in [1.82, 2.24) is 49.5 Å². The number of halogens is 7. The molecular weight excluding hydrogens is 810 g/mol. The molecule has 6 aromatic rings. The second-order valence-electron chi connectivity index (χ2n) is 14.7. The topological polar surface area (TPSA) is 167 Å². The number of aryl methyl sites for hydroxylation is 3. The lowest BCUT2D eigenvalue weighted by Gasteiger charge is -2.38. The van der Waals surface area contributed by atoms with Gasteiger partial charge in [0.25, 0.3) is 0 Å². The molecule has 2 aliphatic rings. The van der Waals surface area contributed by atoms with Gasteiger partial charge in [0.15, 0.2) is 23.0 Å². The van der Waals surface area contributed by atoms with E-state index in [1.54, 1.807) is 48.7 Å². The van der Waals surface area contributed by atoms with E-state index in [2.05, 4.69) is 46.4 Å². The third kappa shape index (κ3) is 8.54. The van der Waals surface area contributed by atoms with Crippen molar-refractivity contribution in [3.8, 4) is 34.7 Å². The number of nitriles is 2. The van der Waals surface area contributed by atoms with E-state index in [4.69, 9.17) is 0 Å². The van der Waals surface area contributed by atoms with Crippen LogP contribution in [0.25, 0.3) is 22.5 Å². The summed E-state index contributed by atoms with van der Waals surface area (Å²) in [5.74, 6) is -0.937. The zero-order valence-corrected chi connectivity index (χ0v) is 32.8. The van der Waals surface area contributed by atoms with Gasteiger partial charge in [-0.2, -0.15) is 32.5 Å². The van der Waals surface area contributed by atoms with E-state index in [9.17, 15) is 32.5 Å². The van der Waals surface area contributed by atoms with Crippen LogP contribution >= 0.6 is 0 Å². The summed E-state index contributed by atoms with van der Waals surface area (Å²) >= 11 is 0. The quantitative estimate of drug-likeness (QED) is 0.127. The molecule has 0 radical (unpaired) electrons. The zero-order valence-electron chi connectivity index (χ0n) is 32.8. The maximum absolute atomic E-state index is 15.5. The largest absolute Gasteiger partial charge is 0.433 e. The molecule has 0 amide bonds. The molecule has 2 aliphatic heterocycles. The molecule has 0 N–H and O–H groups in total. The Balaban J connectivity index is 0.000000185. The maximum atomic E-state index is 15.5. The van der Waals surface area contributed by atoms with Crippen LogP contribution in [0.3, 0.4) is 0 Å². The van der Waals surface area contributed by atoms with Gasteiger partial charge in [0, 0.05) is 95.2 Å². The highest BCUT2D eigenvalue weighted by atomic mass is 19.4. The molecule has 61 heavy (non-hydrogen) atoms. The number of alkyl halides is 5. The fraction of sp³-hybridized carbons (Fsp3) is 0.350. The van der Waals surface area contributed by atoms with Crippen molar-refractivity contribution in [3.63, 3.8) is 0 Å². The number of aromatic nitrogens is 10. The minimum Gasteiger partial charge on any atom is -0.368 e. The van der Waals surface area contributed by atoms with Crippen molar-refractivity contribution in [2.75, 3.05) is 36.0 Å². The minimum atomic E-state index is -4.80. The number of pyridine rings is 4. The average Bonchev–Trinajstić information content (AvgIpc) is 3.90. The Labute approximate surface area is 344 Å². The third-order valence-corrected chi connectivity index (χ3v) is 10.6. The molecule has 2 fully saturated rings. The summed E-state index contributed by atoms with van der Waals surface area (Å²) in [5, 5.41) is 34.6. The molecule has 314 valence electrons. The SMILES string of the molecule is Cc1cc(C#N)c(N2CCC(F)(c3nncn3C)CC2)c(-c2ccc(F)nc2)n1.Cn1cnnc1C1(F)CCN(c2c(C#N)cc(C(F)(F)F)nc2-c2ccc(F)nc2)CC1. The zero-order chi connectivity index (χ0) is 43.7. The first-order valence-corrected chi connectivity index (χ1v) is 18.8.